The summed E-state index contributed by atoms with van der Waals surface area (Å²) < 4.78 is 5.33. The summed E-state index contributed by atoms with van der Waals surface area (Å²) in [5.41, 5.74) is 0.908. The molecule has 2 nitrogen and oxygen atoms in total. The van der Waals surface area contributed by atoms with E-state index < -0.39 is 5.60 Å². The minimum atomic E-state index is -1.01. The zero-order valence-electron chi connectivity index (χ0n) is 10.2. The highest BCUT2D eigenvalue weighted by atomic mass is 32.1. The Morgan fingerprint density at radius 1 is 1.29 bits per heavy atom. The van der Waals surface area contributed by atoms with Gasteiger partial charge in [0.1, 0.15) is 11.4 Å². The smallest absolute Gasteiger partial charge is 0.125 e. The first-order chi connectivity index (χ1) is 8.05. The zero-order chi connectivity index (χ0) is 12.5. The fourth-order valence-corrected chi connectivity index (χ4v) is 2.69. The Morgan fingerprint density at radius 2 is 2.06 bits per heavy atom. The van der Waals surface area contributed by atoms with Crippen LogP contribution < -0.4 is 4.74 Å². The normalized spacial score (nSPS) is 14.4. The van der Waals surface area contributed by atoms with E-state index in [-0.39, 0.29) is 0 Å². The first-order valence-electron chi connectivity index (χ1n) is 5.47. The van der Waals surface area contributed by atoms with E-state index in [1.165, 1.54) is 0 Å². The van der Waals surface area contributed by atoms with Crippen molar-refractivity contribution in [1.29, 1.82) is 0 Å². The van der Waals surface area contributed by atoms with E-state index in [0.717, 1.165) is 16.0 Å². The molecule has 0 saturated carbocycles. The minimum Gasteiger partial charge on any atom is -0.496 e. The predicted octanol–water partition coefficient (Wildman–Crippen LogP) is 3.32. The predicted molar refractivity (Wildman–Crippen MR) is 70.7 cm³/mol. The molecule has 0 bridgehead atoms. The van der Waals surface area contributed by atoms with Crippen molar-refractivity contribution in [2.24, 2.45) is 0 Å². The molecule has 0 amide bonds. The molecule has 1 unspecified atom stereocenters. The summed E-state index contributed by atoms with van der Waals surface area (Å²) in [5.74, 6) is 0.717. The zero-order valence-corrected chi connectivity index (χ0v) is 11.0. The van der Waals surface area contributed by atoms with Crippen molar-refractivity contribution in [3.05, 3.63) is 51.7 Å². The topological polar surface area (TPSA) is 29.5 Å². The van der Waals surface area contributed by atoms with E-state index >= 15 is 0 Å². The van der Waals surface area contributed by atoms with Crippen LogP contribution in [0.1, 0.15) is 22.9 Å². The van der Waals surface area contributed by atoms with Gasteiger partial charge < -0.3 is 9.84 Å². The Bertz CT molecular complexity index is 501. The van der Waals surface area contributed by atoms with Gasteiger partial charge in [-0.15, -0.1) is 11.3 Å². The molecule has 0 fully saturated rings. The van der Waals surface area contributed by atoms with E-state index in [0.29, 0.717) is 5.75 Å². The van der Waals surface area contributed by atoms with Crippen LogP contribution in [0.4, 0.5) is 0 Å². The molecule has 2 aromatic rings. The molecule has 1 atom stereocenters. The van der Waals surface area contributed by atoms with Gasteiger partial charge in [0.2, 0.25) is 0 Å². The molecule has 0 aliphatic rings. The molecule has 0 radical (unpaired) electrons. The second kappa shape index (κ2) is 4.51. The molecule has 0 saturated heterocycles. The van der Waals surface area contributed by atoms with Crippen LogP contribution in [0.25, 0.3) is 0 Å². The number of rotatable bonds is 3. The summed E-state index contributed by atoms with van der Waals surface area (Å²) in [4.78, 5) is 0.918. The number of ether oxygens (including phenoxy) is 1. The monoisotopic (exact) mass is 248 g/mol. The van der Waals surface area contributed by atoms with Gasteiger partial charge in [0, 0.05) is 10.4 Å². The Balaban J connectivity index is 2.56. The van der Waals surface area contributed by atoms with Crippen LogP contribution in [0.15, 0.2) is 35.7 Å². The largest absolute Gasteiger partial charge is 0.496 e. The van der Waals surface area contributed by atoms with Gasteiger partial charge in [-0.05, 0) is 37.4 Å². The number of aliphatic hydroxyl groups is 1. The van der Waals surface area contributed by atoms with Crippen molar-refractivity contribution < 1.29 is 9.84 Å². The number of thiophene rings is 1. The fourth-order valence-electron chi connectivity index (χ4n) is 1.89. The van der Waals surface area contributed by atoms with Crippen LogP contribution in [0.5, 0.6) is 5.75 Å². The molecule has 1 heterocycles. The molecule has 1 aromatic heterocycles. The summed E-state index contributed by atoms with van der Waals surface area (Å²) in [5, 5.41) is 12.7. The molecule has 0 spiro atoms. The van der Waals surface area contributed by atoms with Gasteiger partial charge in [0.05, 0.1) is 7.11 Å². The average Bonchev–Trinajstić information content (AvgIpc) is 2.83. The van der Waals surface area contributed by atoms with Crippen LogP contribution in [-0.2, 0) is 5.60 Å². The lowest BCUT2D eigenvalue weighted by molar-refractivity contribution is 0.103. The Kier molecular flexibility index (Phi) is 3.22. The van der Waals surface area contributed by atoms with Gasteiger partial charge in [-0.3, -0.25) is 0 Å². The standard InChI is InChI=1S/C14H16O2S/c1-10-6-7-12(16-3)11(9-10)14(2,15)13-5-4-8-17-13/h4-9,15H,1-3H3. The Labute approximate surface area is 105 Å². The van der Waals surface area contributed by atoms with Gasteiger partial charge in [-0.1, -0.05) is 17.7 Å². The minimum absolute atomic E-state index is 0.717. The highest BCUT2D eigenvalue weighted by Crippen LogP contribution is 2.37. The third-order valence-electron chi connectivity index (χ3n) is 2.88. The quantitative estimate of drug-likeness (QED) is 0.903. The Morgan fingerprint density at radius 3 is 2.65 bits per heavy atom. The van der Waals surface area contributed by atoms with Crippen LogP contribution in [0.3, 0.4) is 0 Å². The summed E-state index contributed by atoms with van der Waals surface area (Å²) in [6, 6.07) is 9.72. The van der Waals surface area contributed by atoms with Crippen molar-refractivity contribution in [3.63, 3.8) is 0 Å². The van der Waals surface area contributed by atoms with Crippen molar-refractivity contribution in [2.75, 3.05) is 7.11 Å². The lowest BCUT2D eigenvalue weighted by Crippen LogP contribution is -2.22. The molecule has 1 N–H and O–H groups in total. The SMILES string of the molecule is COc1ccc(C)cc1C(C)(O)c1cccs1. The maximum Gasteiger partial charge on any atom is 0.125 e. The molecule has 0 aliphatic carbocycles. The molecular weight excluding hydrogens is 232 g/mol. The molecule has 90 valence electrons. The molecule has 1 aromatic carbocycles. The van der Waals surface area contributed by atoms with Gasteiger partial charge in [-0.2, -0.15) is 0 Å². The van der Waals surface area contributed by atoms with E-state index in [9.17, 15) is 5.11 Å². The molecule has 0 aliphatic heterocycles. The number of benzene rings is 1. The van der Waals surface area contributed by atoms with Gasteiger partial charge in [0.25, 0.3) is 0 Å². The second-order valence-electron chi connectivity index (χ2n) is 4.25. The average molecular weight is 248 g/mol. The summed E-state index contributed by atoms with van der Waals surface area (Å²) in [6.45, 7) is 3.81. The summed E-state index contributed by atoms with van der Waals surface area (Å²) in [7, 11) is 1.62. The van der Waals surface area contributed by atoms with Crippen LogP contribution in [0, 0.1) is 6.92 Å². The van der Waals surface area contributed by atoms with Gasteiger partial charge >= 0.3 is 0 Å². The third-order valence-corrected chi connectivity index (χ3v) is 3.96. The van der Waals surface area contributed by atoms with Crippen LogP contribution >= 0.6 is 11.3 Å². The van der Waals surface area contributed by atoms with Crippen LogP contribution in [-0.4, -0.2) is 12.2 Å². The van der Waals surface area contributed by atoms with E-state index in [4.69, 9.17) is 4.74 Å². The highest BCUT2D eigenvalue weighted by molar-refractivity contribution is 7.10. The lowest BCUT2D eigenvalue weighted by Gasteiger charge is -2.25. The second-order valence-corrected chi connectivity index (χ2v) is 5.20. The Hall–Kier alpha value is -1.32. The molecule has 17 heavy (non-hydrogen) atoms. The number of methoxy groups -OCH3 is 1. The fraction of sp³-hybridized carbons (Fsp3) is 0.286. The van der Waals surface area contributed by atoms with E-state index in [1.807, 2.05) is 42.6 Å². The maximum absolute atomic E-state index is 10.7. The highest BCUT2D eigenvalue weighted by Gasteiger charge is 2.30. The first kappa shape index (κ1) is 12.1. The van der Waals surface area contributed by atoms with Gasteiger partial charge in [-0.25, -0.2) is 0 Å². The summed E-state index contributed by atoms with van der Waals surface area (Å²) >= 11 is 1.54. The van der Waals surface area contributed by atoms with Crippen molar-refractivity contribution in [3.8, 4) is 5.75 Å². The van der Waals surface area contributed by atoms with E-state index in [2.05, 4.69) is 0 Å². The number of hydrogen-bond donors (Lipinski definition) is 1. The summed E-state index contributed by atoms with van der Waals surface area (Å²) in [6.07, 6.45) is 0. The molecule has 2 rings (SSSR count). The number of aryl methyl sites for hydroxylation is 1. The van der Waals surface area contributed by atoms with Crippen molar-refractivity contribution in [2.45, 2.75) is 19.4 Å². The maximum atomic E-state index is 10.7. The lowest BCUT2D eigenvalue weighted by atomic mass is 9.92. The molecule has 3 heteroatoms. The number of hydrogen-bond acceptors (Lipinski definition) is 3. The molecular formula is C14H16O2S. The van der Waals surface area contributed by atoms with Gasteiger partial charge in [0.15, 0.2) is 0 Å². The first-order valence-corrected chi connectivity index (χ1v) is 6.35. The van der Waals surface area contributed by atoms with Crippen molar-refractivity contribution >= 4 is 11.3 Å². The van der Waals surface area contributed by atoms with Crippen molar-refractivity contribution in [1.82, 2.24) is 0 Å². The van der Waals surface area contributed by atoms with Crippen LogP contribution in [0.2, 0.25) is 0 Å². The third kappa shape index (κ3) is 2.21. The van der Waals surface area contributed by atoms with E-state index in [1.54, 1.807) is 25.4 Å².